The predicted octanol–water partition coefficient (Wildman–Crippen LogP) is 6.58. The lowest BCUT2D eigenvalue weighted by Gasteiger charge is -2.36. The zero-order chi connectivity index (χ0) is 15.0. The summed E-state index contributed by atoms with van der Waals surface area (Å²) in [5.41, 5.74) is 2.10. The lowest BCUT2D eigenvalue weighted by atomic mass is 9.99. The summed E-state index contributed by atoms with van der Waals surface area (Å²) in [7, 11) is -5.83. The van der Waals surface area contributed by atoms with E-state index in [-0.39, 0.29) is 7.92 Å². The molecule has 118 valence electrons. The van der Waals surface area contributed by atoms with Gasteiger partial charge in [-0.05, 0) is 37.0 Å². The molecule has 2 fully saturated rings. The van der Waals surface area contributed by atoms with Gasteiger partial charge in [-0.15, -0.1) is 0 Å². The molecule has 2 aliphatic carbocycles. The fraction of sp³-hybridized carbons (Fsp3) is 0.857. The molecule has 2 saturated carbocycles. The minimum absolute atomic E-state index is 0.169. The van der Waals surface area contributed by atoms with Crippen LogP contribution < -0.4 is 0 Å². The minimum atomic E-state index is -6.00. The van der Waals surface area contributed by atoms with Crippen molar-refractivity contribution in [2.24, 2.45) is 0 Å². The number of hydrogen-bond donors (Lipinski definition) is 0. The molecule has 20 heavy (non-hydrogen) atoms. The van der Waals surface area contributed by atoms with Gasteiger partial charge in [0.05, 0.1) is 0 Å². The van der Waals surface area contributed by atoms with Gasteiger partial charge in [0.1, 0.15) is 0 Å². The normalized spacial score (nSPS) is 22.2. The molecule has 0 aliphatic heterocycles. The lowest BCUT2D eigenvalue weighted by Crippen LogP contribution is -2.19. The van der Waals surface area contributed by atoms with Gasteiger partial charge in [-0.25, -0.2) is 0 Å². The molecular weight excluding hydrogens is 286 g/mol. The Labute approximate surface area is 121 Å². The fourth-order valence-corrected chi connectivity index (χ4v) is 6.47. The SMILES string of the molecule is C=CP(C1CCCCC1)C1CCCCC1.F[B-](F)(F)F. The van der Waals surface area contributed by atoms with Crippen molar-refractivity contribution >= 4 is 15.2 Å². The summed E-state index contributed by atoms with van der Waals surface area (Å²) in [5, 5.41) is 0. The Hall–Kier alpha value is -0.0451. The second-order valence-corrected chi connectivity index (χ2v) is 8.43. The van der Waals surface area contributed by atoms with Gasteiger partial charge in [-0.2, -0.15) is 0 Å². The van der Waals surface area contributed by atoms with Crippen LogP contribution in [0.3, 0.4) is 0 Å². The van der Waals surface area contributed by atoms with Crippen molar-refractivity contribution in [2.75, 3.05) is 0 Å². The van der Waals surface area contributed by atoms with Crippen LogP contribution in [0.5, 0.6) is 0 Å². The molecule has 2 aliphatic rings. The van der Waals surface area contributed by atoms with E-state index < -0.39 is 7.25 Å². The third kappa shape index (κ3) is 7.66. The van der Waals surface area contributed by atoms with Crippen molar-refractivity contribution < 1.29 is 17.3 Å². The van der Waals surface area contributed by atoms with Crippen LogP contribution in [0, 0.1) is 0 Å². The summed E-state index contributed by atoms with van der Waals surface area (Å²) in [6.07, 6.45) is 15.0. The van der Waals surface area contributed by atoms with E-state index in [1.54, 1.807) is 0 Å². The summed E-state index contributed by atoms with van der Waals surface area (Å²) >= 11 is 0. The van der Waals surface area contributed by atoms with Crippen LogP contribution in [-0.2, 0) is 0 Å². The first kappa shape index (κ1) is 18.0. The van der Waals surface area contributed by atoms with Gasteiger partial charge in [0.2, 0.25) is 0 Å². The Kier molecular flexibility index (Phi) is 8.17. The third-order valence-electron chi connectivity index (χ3n) is 4.20. The fourth-order valence-electron chi connectivity index (χ4n) is 3.35. The average Bonchev–Trinajstić information content (AvgIpc) is 2.40. The molecule has 0 amide bonds. The summed E-state index contributed by atoms with van der Waals surface area (Å²) in [5.74, 6) is 2.36. The average molecular weight is 311 g/mol. The van der Waals surface area contributed by atoms with Gasteiger partial charge in [0, 0.05) is 0 Å². The van der Waals surface area contributed by atoms with E-state index >= 15 is 0 Å². The molecule has 0 saturated heterocycles. The Balaban J connectivity index is 0.000000347. The smallest absolute Gasteiger partial charge is 0.418 e. The molecule has 0 atom stereocenters. The van der Waals surface area contributed by atoms with Crippen LogP contribution in [0.15, 0.2) is 12.4 Å². The monoisotopic (exact) mass is 311 g/mol. The van der Waals surface area contributed by atoms with E-state index in [0.29, 0.717) is 0 Å². The molecule has 6 heteroatoms. The van der Waals surface area contributed by atoms with E-state index in [9.17, 15) is 17.3 Å². The van der Waals surface area contributed by atoms with Gasteiger partial charge in [0.25, 0.3) is 0 Å². The van der Waals surface area contributed by atoms with E-state index in [4.69, 9.17) is 0 Å². The number of halogens is 4. The predicted molar refractivity (Wildman–Crippen MR) is 81.0 cm³/mol. The zero-order valence-electron chi connectivity index (χ0n) is 12.0. The van der Waals surface area contributed by atoms with Gasteiger partial charge in [0.15, 0.2) is 0 Å². The molecule has 2 rings (SSSR count). The van der Waals surface area contributed by atoms with Gasteiger partial charge in [-0.3, -0.25) is 0 Å². The topological polar surface area (TPSA) is 0 Å². The summed E-state index contributed by atoms with van der Waals surface area (Å²) in [6.45, 7) is 4.14. The molecule has 0 radical (unpaired) electrons. The highest BCUT2D eigenvalue weighted by molar-refractivity contribution is 7.62. The van der Waals surface area contributed by atoms with Crippen LogP contribution in [0.1, 0.15) is 64.2 Å². The van der Waals surface area contributed by atoms with E-state index in [1.807, 2.05) is 0 Å². The van der Waals surface area contributed by atoms with Crippen molar-refractivity contribution in [1.82, 2.24) is 0 Å². The lowest BCUT2D eigenvalue weighted by molar-refractivity contribution is 0.368. The molecule has 0 spiro atoms. The van der Waals surface area contributed by atoms with E-state index in [2.05, 4.69) is 12.4 Å². The van der Waals surface area contributed by atoms with Crippen LogP contribution >= 0.6 is 7.92 Å². The maximum Gasteiger partial charge on any atom is 0.673 e. The molecule has 0 nitrogen and oxygen atoms in total. The van der Waals surface area contributed by atoms with Gasteiger partial charge < -0.3 is 17.3 Å². The first-order chi connectivity index (χ1) is 9.42. The van der Waals surface area contributed by atoms with Crippen molar-refractivity contribution in [3.05, 3.63) is 12.4 Å². The third-order valence-corrected chi connectivity index (χ3v) is 7.34. The molecule has 0 unspecified atom stereocenters. The van der Waals surface area contributed by atoms with Crippen LogP contribution in [0.4, 0.5) is 17.3 Å². The molecule has 0 heterocycles. The zero-order valence-corrected chi connectivity index (χ0v) is 12.9. The Morgan fingerprint density at radius 3 is 1.30 bits per heavy atom. The standard InChI is InChI=1S/C14H25P.BF4/c1-2-15(13-9-5-3-6-10-13)14-11-7-4-8-12-14;2-1(3,4)5/h2,13-14H,1,3-12H2;/q;-1. The highest BCUT2D eigenvalue weighted by Crippen LogP contribution is 2.56. The molecular formula is C14H25BF4P-. The largest absolute Gasteiger partial charge is 0.673 e. The van der Waals surface area contributed by atoms with Crippen molar-refractivity contribution in [3.63, 3.8) is 0 Å². The van der Waals surface area contributed by atoms with Crippen molar-refractivity contribution in [1.29, 1.82) is 0 Å². The first-order valence-electron chi connectivity index (χ1n) is 7.69. The summed E-state index contributed by atoms with van der Waals surface area (Å²) in [6, 6.07) is 0. The number of rotatable bonds is 3. The van der Waals surface area contributed by atoms with Crippen LogP contribution in [0.25, 0.3) is 0 Å². The van der Waals surface area contributed by atoms with Crippen LogP contribution in [0.2, 0.25) is 0 Å². The highest BCUT2D eigenvalue weighted by Gasteiger charge is 2.28. The van der Waals surface area contributed by atoms with Crippen molar-refractivity contribution in [3.8, 4) is 0 Å². The number of hydrogen-bond acceptors (Lipinski definition) is 0. The van der Waals surface area contributed by atoms with Gasteiger partial charge in [-0.1, -0.05) is 58.8 Å². The Morgan fingerprint density at radius 1 is 0.750 bits per heavy atom. The van der Waals surface area contributed by atoms with Crippen LogP contribution in [-0.4, -0.2) is 18.6 Å². The Bertz CT molecular complexity index is 247. The van der Waals surface area contributed by atoms with E-state index in [0.717, 1.165) is 11.3 Å². The first-order valence-corrected chi connectivity index (χ1v) is 9.24. The molecule has 0 aromatic carbocycles. The maximum atomic E-state index is 9.75. The highest BCUT2D eigenvalue weighted by atomic mass is 31.1. The quantitative estimate of drug-likeness (QED) is 0.314. The van der Waals surface area contributed by atoms with E-state index in [1.165, 1.54) is 64.2 Å². The molecule has 0 aromatic rings. The maximum absolute atomic E-state index is 9.75. The summed E-state index contributed by atoms with van der Waals surface area (Å²) < 4.78 is 39.0. The Morgan fingerprint density at radius 2 is 1.05 bits per heavy atom. The van der Waals surface area contributed by atoms with Crippen molar-refractivity contribution in [2.45, 2.75) is 75.5 Å². The summed E-state index contributed by atoms with van der Waals surface area (Å²) in [4.78, 5) is 0. The molecule has 0 aromatic heterocycles. The molecule has 0 bridgehead atoms. The second kappa shape index (κ2) is 9.07. The molecule has 0 N–H and O–H groups in total. The second-order valence-electron chi connectivity index (χ2n) is 5.71. The minimum Gasteiger partial charge on any atom is -0.418 e. The van der Waals surface area contributed by atoms with Gasteiger partial charge >= 0.3 is 7.25 Å².